The summed E-state index contributed by atoms with van der Waals surface area (Å²) in [6.45, 7) is 0. The van der Waals surface area contributed by atoms with Crippen LogP contribution in [0.2, 0.25) is 0 Å². The zero-order valence-electron chi connectivity index (χ0n) is 16.9. The SMILES string of the molecule is NC1=NP(c2ccccc2)(c2ccccc2)=NP(c2ccccc2)(c2ccccc2)=N1. The van der Waals surface area contributed by atoms with Crippen molar-refractivity contribution >= 4 is 41.6 Å². The minimum Gasteiger partial charge on any atom is -0.368 e. The van der Waals surface area contributed by atoms with Crippen LogP contribution in [0.4, 0.5) is 0 Å². The fraction of sp³-hybridized carbons (Fsp3) is 0. The maximum absolute atomic E-state index is 6.51. The topological polar surface area (TPSA) is 63.1 Å². The van der Waals surface area contributed by atoms with Crippen molar-refractivity contribution in [2.24, 2.45) is 19.8 Å². The van der Waals surface area contributed by atoms with Gasteiger partial charge in [0.1, 0.15) is 14.4 Å². The van der Waals surface area contributed by atoms with Gasteiger partial charge in [0, 0.05) is 21.2 Å². The van der Waals surface area contributed by atoms with Crippen molar-refractivity contribution in [1.82, 2.24) is 0 Å². The van der Waals surface area contributed by atoms with Crippen LogP contribution in [0.3, 0.4) is 0 Å². The van der Waals surface area contributed by atoms with Crippen molar-refractivity contribution in [1.29, 1.82) is 0 Å². The molecule has 0 aliphatic carbocycles. The van der Waals surface area contributed by atoms with Crippen LogP contribution in [0.15, 0.2) is 135 Å². The van der Waals surface area contributed by atoms with E-state index in [1.54, 1.807) is 0 Å². The highest BCUT2D eigenvalue weighted by molar-refractivity contribution is 7.90. The fourth-order valence-electron chi connectivity index (χ4n) is 3.82. The highest BCUT2D eigenvalue weighted by atomic mass is 31.2. The molecule has 4 nitrogen and oxygen atoms in total. The van der Waals surface area contributed by atoms with E-state index in [-0.39, 0.29) is 0 Å². The van der Waals surface area contributed by atoms with Crippen LogP contribution >= 0.6 is 14.4 Å². The van der Waals surface area contributed by atoms with Crippen molar-refractivity contribution in [3.63, 3.8) is 0 Å². The van der Waals surface area contributed by atoms with E-state index in [0.717, 1.165) is 21.2 Å². The molecule has 2 N–H and O–H groups in total. The summed E-state index contributed by atoms with van der Waals surface area (Å²) in [5, 5.41) is 4.32. The molecule has 0 spiro atoms. The van der Waals surface area contributed by atoms with Gasteiger partial charge in [-0.2, -0.15) is 0 Å². The maximum atomic E-state index is 6.51. The van der Waals surface area contributed by atoms with Gasteiger partial charge in [-0.3, -0.25) is 0 Å². The molecule has 1 heterocycles. The summed E-state index contributed by atoms with van der Waals surface area (Å²) < 4.78 is 15.7. The standard InChI is InChI=1S/C25H22N4P2/c26-25-27-30(21-13-5-1-6-14-21,22-15-7-2-8-16-22)29-31(28-25,23-17-9-3-10-18-23)24-19-11-4-12-20-24/h1-20H,(H2,26,27). The highest BCUT2D eigenvalue weighted by Crippen LogP contribution is 2.64. The lowest BCUT2D eigenvalue weighted by Crippen LogP contribution is -2.25. The predicted molar refractivity (Wildman–Crippen MR) is 135 cm³/mol. The average Bonchev–Trinajstić information content (AvgIpc) is 2.86. The molecule has 0 saturated carbocycles. The molecule has 0 unspecified atom stereocenters. The summed E-state index contributed by atoms with van der Waals surface area (Å²) in [6.07, 6.45) is 0. The van der Waals surface area contributed by atoms with Gasteiger partial charge >= 0.3 is 0 Å². The summed E-state index contributed by atoms with van der Waals surface area (Å²) in [5.41, 5.74) is 6.51. The van der Waals surface area contributed by atoms with E-state index in [1.165, 1.54) is 0 Å². The predicted octanol–water partition coefficient (Wildman–Crippen LogP) is 4.85. The van der Waals surface area contributed by atoms with E-state index >= 15 is 0 Å². The van der Waals surface area contributed by atoms with Crippen molar-refractivity contribution < 1.29 is 0 Å². The van der Waals surface area contributed by atoms with E-state index in [4.69, 9.17) is 19.8 Å². The summed E-state index contributed by atoms with van der Waals surface area (Å²) in [4.78, 5) is 0. The van der Waals surface area contributed by atoms with Crippen molar-refractivity contribution in [3.8, 4) is 0 Å². The minimum absolute atomic E-state index is 0.317. The monoisotopic (exact) mass is 440 g/mol. The summed E-state index contributed by atoms with van der Waals surface area (Å²) >= 11 is 0. The molecule has 4 aromatic rings. The first-order valence-corrected chi connectivity index (χ1v) is 13.5. The number of rotatable bonds is 4. The van der Waals surface area contributed by atoms with Crippen LogP contribution < -0.4 is 27.0 Å². The Morgan fingerprint density at radius 3 is 1.13 bits per heavy atom. The van der Waals surface area contributed by atoms with Gasteiger partial charge in [-0.1, -0.05) is 121 Å². The summed E-state index contributed by atoms with van der Waals surface area (Å²) in [5.74, 6) is 0.317. The largest absolute Gasteiger partial charge is 0.368 e. The Balaban J connectivity index is 1.96. The smallest absolute Gasteiger partial charge is 0.222 e. The Morgan fingerprint density at radius 1 is 0.452 bits per heavy atom. The van der Waals surface area contributed by atoms with E-state index < -0.39 is 14.4 Å². The summed E-state index contributed by atoms with van der Waals surface area (Å²) in [7, 11) is -5.12. The quantitative estimate of drug-likeness (QED) is 0.453. The van der Waals surface area contributed by atoms with Gasteiger partial charge in [0.25, 0.3) is 0 Å². The van der Waals surface area contributed by atoms with Gasteiger partial charge in [-0.25, -0.2) is 14.0 Å². The van der Waals surface area contributed by atoms with Crippen molar-refractivity contribution in [2.75, 3.05) is 0 Å². The number of nitrogens with zero attached hydrogens (tertiary/aromatic N) is 3. The van der Waals surface area contributed by atoms with Crippen LogP contribution in [0.1, 0.15) is 0 Å². The van der Waals surface area contributed by atoms with Gasteiger partial charge in [0.05, 0.1) is 0 Å². The van der Waals surface area contributed by atoms with Crippen molar-refractivity contribution in [3.05, 3.63) is 121 Å². The van der Waals surface area contributed by atoms with Crippen LogP contribution in [0.25, 0.3) is 0 Å². The van der Waals surface area contributed by atoms with E-state index in [1.807, 2.05) is 72.8 Å². The lowest BCUT2D eigenvalue weighted by molar-refractivity contribution is 1.49. The van der Waals surface area contributed by atoms with Crippen LogP contribution in [-0.2, 0) is 0 Å². The fourth-order valence-corrected chi connectivity index (χ4v) is 11.5. The first-order chi connectivity index (χ1) is 15.2. The molecule has 0 bridgehead atoms. The molecule has 1 aliphatic heterocycles. The van der Waals surface area contributed by atoms with Gasteiger partial charge in [0.2, 0.25) is 5.96 Å². The Kier molecular flexibility index (Phi) is 5.19. The normalized spacial score (nSPS) is 16.5. The lowest BCUT2D eigenvalue weighted by Gasteiger charge is -2.31. The minimum atomic E-state index is -2.56. The number of hydrogen-bond acceptors (Lipinski definition) is 4. The van der Waals surface area contributed by atoms with Gasteiger partial charge < -0.3 is 5.73 Å². The third-order valence-corrected chi connectivity index (χ3v) is 12.4. The first kappa shape index (κ1) is 19.8. The molecular weight excluding hydrogens is 418 g/mol. The Labute approximate surface area is 182 Å². The first-order valence-electron chi connectivity index (χ1n) is 10.1. The zero-order valence-corrected chi connectivity index (χ0v) is 18.6. The Hall–Kier alpha value is -3.19. The third kappa shape index (κ3) is 3.49. The van der Waals surface area contributed by atoms with Crippen LogP contribution in [-0.4, -0.2) is 5.96 Å². The third-order valence-electron chi connectivity index (χ3n) is 5.22. The molecule has 4 aromatic carbocycles. The highest BCUT2D eigenvalue weighted by Gasteiger charge is 2.35. The Morgan fingerprint density at radius 2 is 0.774 bits per heavy atom. The van der Waals surface area contributed by atoms with E-state index in [9.17, 15) is 0 Å². The molecule has 0 saturated heterocycles. The molecule has 0 fully saturated rings. The molecule has 152 valence electrons. The molecule has 0 radical (unpaired) electrons. The molecule has 0 atom stereocenters. The Bertz CT molecular complexity index is 1160. The second-order valence-electron chi connectivity index (χ2n) is 7.19. The van der Waals surface area contributed by atoms with Crippen LogP contribution in [0.5, 0.6) is 0 Å². The molecule has 0 amide bonds. The zero-order chi connectivity index (χ0) is 21.2. The molecular formula is C25H22N4P2. The average molecular weight is 440 g/mol. The number of benzene rings is 4. The second-order valence-corrected chi connectivity index (χ2v) is 12.8. The van der Waals surface area contributed by atoms with Gasteiger partial charge in [-0.05, 0) is 0 Å². The van der Waals surface area contributed by atoms with E-state index in [0.29, 0.717) is 5.96 Å². The second kappa shape index (κ2) is 8.15. The molecule has 6 heteroatoms. The number of guanidine groups is 1. The summed E-state index contributed by atoms with van der Waals surface area (Å²) in [6, 6.07) is 41.3. The molecule has 1 aliphatic rings. The van der Waals surface area contributed by atoms with E-state index in [2.05, 4.69) is 48.5 Å². The molecule has 0 aromatic heterocycles. The number of hydrogen-bond donors (Lipinski definition) is 1. The number of nitrogens with two attached hydrogens (primary N) is 1. The van der Waals surface area contributed by atoms with Gasteiger partial charge in [0.15, 0.2) is 0 Å². The van der Waals surface area contributed by atoms with Crippen LogP contribution in [0, 0.1) is 0 Å². The maximum Gasteiger partial charge on any atom is 0.222 e. The van der Waals surface area contributed by atoms with Crippen molar-refractivity contribution in [2.45, 2.75) is 0 Å². The van der Waals surface area contributed by atoms with Gasteiger partial charge in [-0.15, -0.1) is 0 Å². The molecule has 5 rings (SSSR count). The molecule has 31 heavy (non-hydrogen) atoms. The lowest BCUT2D eigenvalue weighted by atomic mass is 10.4.